The number of ether oxygens (including phenoxy) is 1. The van der Waals surface area contributed by atoms with E-state index >= 15 is 0 Å². The van der Waals surface area contributed by atoms with Crippen LogP contribution in [0.5, 0.6) is 0 Å². The highest BCUT2D eigenvalue weighted by atomic mass is 16.9. The number of nitrogens with one attached hydrogen (secondary N) is 1. The highest BCUT2D eigenvalue weighted by molar-refractivity contribution is 5.79. The van der Waals surface area contributed by atoms with Crippen LogP contribution in [0.4, 0.5) is 4.79 Å². The minimum atomic E-state index is -1.14. The van der Waals surface area contributed by atoms with E-state index in [1.54, 1.807) is 0 Å². The molecule has 0 aliphatic carbocycles. The molecule has 0 spiro atoms. The fraction of sp³-hybridized carbons (Fsp3) is 0.800. The molecule has 0 aromatic rings. The minimum Gasteiger partial charge on any atom is -0.480 e. The van der Waals surface area contributed by atoms with E-state index in [0.717, 1.165) is 0 Å². The predicted octanol–water partition coefficient (Wildman–Crippen LogP) is 0.810. The Bertz CT molecular complexity index is 319. The molecule has 0 aliphatic rings. The molecule has 0 rings (SSSR count). The number of rotatable bonds is 9. The van der Waals surface area contributed by atoms with Crippen molar-refractivity contribution in [3.05, 3.63) is 10.1 Å². The van der Waals surface area contributed by atoms with Gasteiger partial charge in [0.2, 0.25) is 0 Å². The van der Waals surface area contributed by atoms with Crippen molar-refractivity contribution in [3.8, 4) is 0 Å². The normalized spacial score (nSPS) is 11.7. The van der Waals surface area contributed by atoms with Gasteiger partial charge in [0.15, 0.2) is 0 Å². The Morgan fingerprint density at radius 2 is 2.00 bits per heavy atom. The lowest BCUT2D eigenvalue weighted by Crippen LogP contribution is -2.42. The molecule has 1 amide bonds. The third-order valence-electron chi connectivity index (χ3n) is 2.02. The highest BCUT2D eigenvalue weighted by Gasteiger charge is 2.21. The van der Waals surface area contributed by atoms with Gasteiger partial charge in [-0.2, -0.15) is 0 Å². The van der Waals surface area contributed by atoms with Crippen LogP contribution in [0.25, 0.3) is 0 Å². The molecule has 0 fully saturated rings. The van der Waals surface area contributed by atoms with Crippen LogP contribution in [-0.4, -0.2) is 41.5 Å². The maximum atomic E-state index is 11.3. The Kier molecular flexibility index (Phi) is 7.98. The zero-order valence-corrected chi connectivity index (χ0v) is 10.8. The van der Waals surface area contributed by atoms with Gasteiger partial charge in [0.1, 0.15) is 6.04 Å². The average molecular weight is 278 g/mol. The van der Waals surface area contributed by atoms with E-state index in [4.69, 9.17) is 5.11 Å². The van der Waals surface area contributed by atoms with Crippen LogP contribution in [0.15, 0.2) is 0 Å². The van der Waals surface area contributed by atoms with Gasteiger partial charge in [0.05, 0.1) is 13.2 Å². The second kappa shape index (κ2) is 8.95. The van der Waals surface area contributed by atoms with Crippen molar-refractivity contribution in [2.75, 3.05) is 13.2 Å². The first-order valence-electron chi connectivity index (χ1n) is 5.76. The molecule has 2 N–H and O–H groups in total. The van der Waals surface area contributed by atoms with Crippen LogP contribution in [0.1, 0.15) is 26.7 Å². The highest BCUT2D eigenvalue weighted by Crippen LogP contribution is 2.05. The largest absolute Gasteiger partial charge is 0.480 e. The summed E-state index contributed by atoms with van der Waals surface area (Å²) in [4.78, 5) is 36.0. The van der Waals surface area contributed by atoms with Gasteiger partial charge in [-0.3, -0.25) is 0 Å². The van der Waals surface area contributed by atoms with Crippen LogP contribution in [0.3, 0.4) is 0 Å². The van der Waals surface area contributed by atoms with E-state index in [2.05, 4.69) is 14.9 Å². The van der Waals surface area contributed by atoms with Crippen molar-refractivity contribution in [3.63, 3.8) is 0 Å². The number of aliphatic carboxylic acids is 1. The number of amides is 1. The summed E-state index contributed by atoms with van der Waals surface area (Å²) >= 11 is 0. The predicted molar refractivity (Wildman–Crippen MR) is 62.9 cm³/mol. The Morgan fingerprint density at radius 1 is 1.37 bits per heavy atom. The third-order valence-corrected chi connectivity index (χ3v) is 2.02. The first kappa shape index (κ1) is 16.9. The van der Waals surface area contributed by atoms with Crippen molar-refractivity contribution in [2.24, 2.45) is 5.92 Å². The number of carboxylic acid groups (broad SMARTS) is 1. The van der Waals surface area contributed by atoms with E-state index in [1.165, 1.54) is 0 Å². The van der Waals surface area contributed by atoms with E-state index in [9.17, 15) is 19.7 Å². The summed E-state index contributed by atoms with van der Waals surface area (Å²) < 4.78 is 4.67. The molecule has 19 heavy (non-hydrogen) atoms. The van der Waals surface area contributed by atoms with Crippen LogP contribution < -0.4 is 5.32 Å². The lowest BCUT2D eigenvalue weighted by atomic mass is 10.0. The molecular formula is C10H18N2O7. The summed E-state index contributed by atoms with van der Waals surface area (Å²) in [6.45, 7) is 3.39. The van der Waals surface area contributed by atoms with E-state index in [0.29, 0.717) is 0 Å². The molecule has 110 valence electrons. The summed E-state index contributed by atoms with van der Waals surface area (Å²) in [7, 11) is 0. The number of alkyl carbamates (subject to hydrolysis) is 1. The SMILES string of the molecule is CC(C)CC(NC(=O)OCCCO[N+](=O)[O-])C(=O)O. The van der Waals surface area contributed by atoms with Crippen molar-refractivity contribution in [2.45, 2.75) is 32.7 Å². The fourth-order valence-electron chi connectivity index (χ4n) is 1.24. The topological polar surface area (TPSA) is 128 Å². The number of hydrogen-bond donors (Lipinski definition) is 2. The Balaban J connectivity index is 3.87. The van der Waals surface area contributed by atoms with Gasteiger partial charge in [-0.15, -0.1) is 10.1 Å². The van der Waals surface area contributed by atoms with Crippen LogP contribution in [0, 0.1) is 16.0 Å². The molecule has 9 nitrogen and oxygen atoms in total. The molecule has 1 unspecified atom stereocenters. The van der Waals surface area contributed by atoms with Gasteiger partial charge in [-0.25, -0.2) is 9.59 Å². The first-order valence-corrected chi connectivity index (χ1v) is 5.76. The van der Waals surface area contributed by atoms with Crippen molar-refractivity contribution < 1.29 is 29.4 Å². The zero-order valence-electron chi connectivity index (χ0n) is 10.8. The van der Waals surface area contributed by atoms with Gasteiger partial charge in [-0.1, -0.05) is 13.8 Å². The summed E-state index contributed by atoms with van der Waals surface area (Å²) in [5, 5.41) is 20.0. The maximum Gasteiger partial charge on any atom is 0.407 e. The second-order valence-corrected chi connectivity index (χ2v) is 4.21. The van der Waals surface area contributed by atoms with Gasteiger partial charge < -0.3 is 20.0 Å². The van der Waals surface area contributed by atoms with Crippen molar-refractivity contribution >= 4 is 12.1 Å². The van der Waals surface area contributed by atoms with Crippen molar-refractivity contribution in [1.82, 2.24) is 5.32 Å². The molecule has 0 saturated carbocycles. The smallest absolute Gasteiger partial charge is 0.407 e. The summed E-state index contributed by atoms with van der Waals surface area (Å²) in [5.74, 6) is -1.03. The summed E-state index contributed by atoms with van der Waals surface area (Å²) in [6.07, 6.45) is -0.431. The van der Waals surface area contributed by atoms with E-state index in [1.807, 2.05) is 13.8 Å². The van der Waals surface area contributed by atoms with Crippen LogP contribution >= 0.6 is 0 Å². The van der Waals surface area contributed by atoms with Gasteiger partial charge >= 0.3 is 12.1 Å². The summed E-state index contributed by atoms with van der Waals surface area (Å²) in [5.41, 5.74) is 0. The Morgan fingerprint density at radius 3 is 2.47 bits per heavy atom. The third kappa shape index (κ3) is 9.62. The number of carboxylic acids is 1. The molecule has 0 aromatic heterocycles. The zero-order chi connectivity index (χ0) is 14.8. The number of hydrogen-bond acceptors (Lipinski definition) is 6. The Labute approximate surface area is 110 Å². The van der Waals surface area contributed by atoms with Crippen LogP contribution in [0.2, 0.25) is 0 Å². The van der Waals surface area contributed by atoms with E-state index in [-0.39, 0.29) is 32.0 Å². The molecule has 0 aromatic carbocycles. The molecule has 0 aliphatic heterocycles. The lowest BCUT2D eigenvalue weighted by Gasteiger charge is -2.16. The molecule has 0 heterocycles. The average Bonchev–Trinajstić information content (AvgIpc) is 2.26. The lowest BCUT2D eigenvalue weighted by molar-refractivity contribution is -0.757. The standard InChI is InChI=1S/C10H18N2O7/c1-7(2)6-8(9(13)14)11-10(15)18-4-3-5-19-12(16)17/h7-8H,3-6H2,1-2H3,(H,11,15)(H,13,14). The molecule has 0 radical (unpaired) electrons. The summed E-state index contributed by atoms with van der Waals surface area (Å²) in [6, 6.07) is -1.01. The quantitative estimate of drug-likeness (QED) is 0.363. The first-order chi connectivity index (χ1) is 8.82. The van der Waals surface area contributed by atoms with Gasteiger partial charge in [0, 0.05) is 6.42 Å². The number of carbonyl (C=O) groups excluding carboxylic acids is 1. The minimum absolute atomic E-state index is 0.0896. The van der Waals surface area contributed by atoms with Crippen molar-refractivity contribution in [1.29, 1.82) is 0 Å². The molecule has 1 atom stereocenters. The second-order valence-electron chi connectivity index (χ2n) is 4.21. The molecular weight excluding hydrogens is 260 g/mol. The van der Waals surface area contributed by atoms with Crippen LogP contribution in [-0.2, 0) is 14.4 Å². The number of carbonyl (C=O) groups is 2. The maximum absolute atomic E-state index is 11.3. The number of nitrogens with zero attached hydrogens (tertiary/aromatic N) is 1. The molecule has 0 saturated heterocycles. The molecule has 0 bridgehead atoms. The molecule has 9 heteroatoms. The van der Waals surface area contributed by atoms with Gasteiger partial charge in [0.25, 0.3) is 5.09 Å². The fourth-order valence-corrected chi connectivity index (χ4v) is 1.24. The monoisotopic (exact) mass is 278 g/mol. The Hall–Kier alpha value is -2.06. The van der Waals surface area contributed by atoms with Gasteiger partial charge in [-0.05, 0) is 12.3 Å². The van der Waals surface area contributed by atoms with E-state index < -0.39 is 23.2 Å².